The Bertz CT molecular complexity index is 4930. The minimum absolute atomic E-state index is 0.0708. The summed E-state index contributed by atoms with van der Waals surface area (Å²) in [5.41, 5.74) is 8.67. The van der Waals surface area contributed by atoms with Gasteiger partial charge < -0.3 is 78.8 Å². The first-order chi connectivity index (χ1) is 67.7. The van der Waals surface area contributed by atoms with Gasteiger partial charge in [0.05, 0.1) is 6.54 Å². The quantitative estimate of drug-likeness (QED) is 0.0698. The van der Waals surface area contributed by atoms with Crippen molar-refractivity contribution in [3.63, 3.8) is 0 Å². The van der Waals surface area contributed by atoms with Crippen LogP contribution in [0.2, 0.25) is 0 Å². The second-order valence-electron chi connectivity index (χ2n) is 40.8. The third-order valence-electron chi connectivity index (χ3n) is 26.7. The molecule has 0 aromatic carbocycles. The highest BCUT2D eigenvalue weighted by atomic mass is 19.4. The number of likely N-dealkylation sites (N-methyl/N-ethyl adjacent to an activating group) is 5. The number of aromatic nitrogens is 16. The molecule has 35 nitrogen and oxygen atoms in total. The van der Waals surface area contributed by atoms with Crippen molar-refractivity contribution >= 4 is 59.5 Å². The lowest BCUT2D eigenvalue weighted by Crippen LogP contribution is -2.54. The van der Waals surface area contributed by atoms with Crippen molar-refractivity contribution in [2.24, 2.45) is 0 Å². The molecule has 3 atom stereocenters. The Morgan fingerprint density at radius 2 is 0.634 bits per heavy atom. The molecule has 1 N–H and O–H groups in total. The number of rotatable bonds is 21. The number of anilines is 8. The number of alkyl halides is 3. The van der Waals surface area contributed by atoms with Crippen molar-refractivity contribution in [1.29, 1.82) is 0 Å². The van der Waals surface area contributed by atoms with Crippen molar-refractivity contribution in [3.05, 3.63) is 144 Å². The Hall–Kier alpha value is -10.7. The van der Waals surface area contributed by atoms with Gasteiger partial charge in [-0.1, -0.05) is 118 Å². The van der Waals surface area contributed by atoms with Crippen LogP contribution in [0.25, 0.3) is 0 Å². The fraction of sp³-hybridized carbons (Fsp3) is 0.673. The van der Waals surface area contributed by atoms with Crippen LogP contribution in [-0.2, 0) is 4.79 Å². The second-order valence-corrected chi connectivity index (χ2v) is 40.8. The Kier molecular flexibility index (Phi) is 46.2. The van der Waals surface area contributed by atoms with Gasteiger partial charge in [-0.05, 0) is 177 Å². The average Bonchev–Trinajstić information content (AvgIpc) is 1.64. The van der Waals surface area contributed by atoms with Crippen molar-refractivity contribution in [2.75, 3.05) is 278 Å². The molecular weight excluding hydrogens is 1800 g/mol. The minimum atomic E-state index is -4.17. The number of amides is 3. The average molecular weight is 1970 g/mol. The number of carbonyl (C=O) groups is 2. The summed E-state index contributed by atoms with van der Waals surface area (Å²) >= 11 is 0. The van der Waals surface area contributed by atoms with Crippen LogP contribution in [0.4, 0.5) is 65.6 Å². The number of nitrogens with one attached hydrogen (secondary N) is 1. The highest BCUT2D eigenvalue weighted by molar-refractivity contribution is 5.82. The molecule has 8 fully saturated rings. The Morgan fingerprint density at radius 1 is 0.352 bits per heavy atom. The molecule has 8 aromatic rings. The van der Waals surface area contributed by atoms with Gasteiger partial charge in [0.15, 0.2) is 0 Å². The first-order valence-electron chi connectivity index (χ1n) is 51.8. The maximum Gasteiger partial charge on any atom is 0.403 e. The first-order valence-corrected chi connectivity index (χ1v) is 51.8. The number of hydrogen-bond donors (Lipinski definition) is 1. The van der Waals surface area contributed by atoms with Gasteiger partial charge in [-0.2, -0.15) is 13.2 Å². The van der Waals surface area contributed by atoms with Crippen LogP contribution >= 0.6 is 0 Å². The molecule has 142 heavy (non-hydrogen) atoms. The fourth-order valence-electron chi connectivity index (χ4n) is 16.9. The van der Waals surface area contributed by atoms with Gasteiger partial charge in [-0.15, -0.1) is 0 Å². The van der Waals surface area contributed by atoms with Crippen LogP contribution in [0.5, 0.6) is 0 Å². The highest BCUT2D eigenvalue weighted by Crippen LogP contribution is 2.30. The molecule has 0 spiro atoms. The summed E-state index contributed by atoms with van der Waals surface area (Å²) in [6.45, 7) is 65.2. The van der Waals surface area contributed by atoms with Gasteiger partial charge in [0.2, 0.25) is 53.5 Å². The smallest absolute Gasteiger partial charge is 0.340 e. The Labute approximate surface area is 846 Å². The van der Waals surface area contributed by atoms with E-state index in [0.717, 1.165) is 219 Å². The van der Waals surface area contributed by atoms with Crippen molar-refractivity contribution in [3.8, 4) is 0 Å². The van der Waals surface area contributed by atoms with E-state index in [0.29, 0.717) is 117 Å². The zero-order valence-corrected chi connectivity index (χ0v) is 90.5. The highest BCUT2D eigenvalue weighted by Gasteiger charge is 2.41. The molecule has 1 unspecified atom stereocenters. The predicted octanol–water partition coefficient (Wildman–Crippen LogP) is 13.3. The van der Waals surface area contributed by atoms with E-state index in [1.165, 1.54) is 37.6 Å². The minimum Gasteiger partial charge on any atom is -0.340 e. The third kappa shape index (κ3) is 36.0. The molecule has 38 heteroatoms. The molecule has 0 bridgehead atoms. The topological polar surface area (TPSA) is 304 Å². The van der Waals surface area contributed by atoms with Gasteiger partial charge in [0, 0.05) is 291 Å². The predicted molar refractivity (Wildman–Crippen MR) is 568 cm³/mol. The number of urea groups is 1. The normalized spacial score (nSPS) is 18.2. The van der Waals surface area contributed by atoms with Crippen molar-refractivity contribution in [1.82, 2.24) is 124 Å². The van der Waals surface area contributed by atoms with Crippen LogP contribution < -0.4 is 44.5 Å². The Morgan fingerprint density at radius 3 is 0.915 bits per heavy atom. The van der Waals surface area contributed by atoms with Gasteiger partial charge in [0.1, 0.15) is 6.04 Å². The number of carbonyl (C=O) groups excluding carboxylic acids is 2. The summed E-state index contributed by atoms with van der Waals surface area (Å²) in [4.78, 5) is 129. The number of nitrogens with zero attached hydrogens (tertiary/aromatic N) is 32. The first kappa shape index (κ1) is 115. The van der Waals surface area contributed by atoms with Gasteiger partial charge >= 0.3 is 12.2 Å². The lowest BCUT2D eigenvalue weighted by molar-refractivity contribution is -0.179. The summed E-state index contributed by atoms with van der Waals surface area (Å²) in [5.74, 6) is 10.1. The molecule has 16 heterocycles. The lowest BCUT2D eigenvalue weighted by Gasteiger charge is -2.38. The van der Waals surface area contributed by atoms with Crippen LogP contribution in [0.3, 0.4) is 0 Å². The van der Waals surface area contributed by atoms with E-state index in [1.807, 2.05) is 112 Å². The van der Waals surface area contributed by atoms with Crippen molar-refractivity contribution in [2.45, 2.75) is 222 Å². The maximum absolute atomic E-state index is 12.7. The largest absolute Gasteiger partial charge is 0.403 e. The van der Waals surface area contributed by atoms with Crippen LogP contribution in [0.1, 0.15) is 244 Å². The maximum atomic E-state index is 12.7. The summed E-state index contributed by atoms with van der Waals surface area (Å²) in [7, 11) is 14.3. The summed E-state index contributed by atoms with van der Waals surface area (Å²) in [6.07, 6.45) is 14.1. The summed E-state index contributed by atoms with van der Waals surface area (Å²) < 4.78 is 38.1. The monoisotopic (exact) mass is 1970 g/mol. The SMILES string of the molecule is CC(C)c1ccnc(N2CCCN(C)CC2)n1.CC(C)c1ccnc(N2CCN(C(=O)N(C)C)CC2)n1.CC(C)c1ccnc(N2CCN(C(C)C(F)(F)F)CC2)n1.CC(C)c1ccnc(N2CCNCC2)n1.CC(C)c1ccnc(N2CC[C@@H](N(C)C)C2)n1.CC(C)c1ccnc(N2CC[C@H](N(C)C)C2)n1.CCN1CCN(c2nccc(C(C)C)n2)CC1.CCN1CCN(c2nccc(C(C)C)n2)CC1=O. The molecule has 8 aliphatic heterocycles. The van der Waals surface area contributed by atoms with Crippen LogP contribution in [0, 0.1) is 0 Å². The molecule has 0 aliphatic carbocycles. The molecule has 0 radical (unpaired) electrons. The van der Waals surface area contributed by atoms with Gasteiger partial charge in [-0.3, -0.25) is 9.69 Å². The molecule has 0 saturated carbocycles. The Balaban J connectivity index is 0.000000181. The zero-order chi connectivity index (χ0) is 103. The lowest BCUT2D eigenvalue weighted by atomic mass is 10.1. The second kappa shape index (κ2) is 57.1. The standard InChI is InChI=1S/C14H21F3N4.C14H23N5O.C13H20N4O.4C13H22N4.C11H18N4/c1-10(2)12-4-5-18-13(19-12)21-8-6-20(7-9-21)11(3)14(15,16)17;1-11(2)12-5-6-15-13(16-12)18-7-9-19(10-8-18)14(20)17(3)4;1-4-16-7-8-17(9-12(16)18)13-14-6-5-11(15-13)10(2)3;2*1-10(2)12-5-7-14-13(15-12)17-8-6-11(9-17)16(3)4;1-11(2)12-5-6-14-13(15-12)17-8-4-7-16(3)9-10-17;1-4-16-7-9-17(10-8-16)13-14-6-5-12(15-13)11(2)3;1-9(2)10-3-4-13-11(14-10)15-7-5-12-6-8-15/h4-5,10-11H,6-9H2,1-3H3;5-6,11H,7-10H2,1-4H3;5-6,10H,4,7-9H2,1-3H3;2*5,7,10-11H,6,8-9H2,1-4H3;2*5-6,11H,4,7-10H2,1-3H3;3-4,9,12H,5-8H2,1-2H3/t;;;2*11-;;;/m...10.../s1. The molecule has 784 valence electrons. The fourth-order valence-corrected chi connectivity index (χ4v) is 16.9. The zero-order valence-electron chi connectivity index (χ0n) is 90.5. The number of piperazine rings is 5. The molecule has 3 amide bonds. The number of hydrogen-bond acceptors (Lipinski definition) is 32. The van der Waals surface area contributed by atoms with E-state index in [9.17, 15) is 22.8 Å². The third-order valence-corrected chi connectivity index (χ3v) is 26.7. The van der Waals surface area contributed by atoms with Gasteiger partial charge in [-0.25, -0.2) is 84.5 Å². The molecule has 8 aliphatic rings. The van der Waals surface area contributed by atoms with E-state index in [4.69, 9.17) is 0 Å². The summed E-state index contributed by atoms with van der Waals surface area (Å²) in [6, 6.07) is 15.7. The molecule has 16 rings (SSSR count). The van der Waals surface area contributed by atoms with Crippen LogP contribution in [0.15, 0.2) is 98.1 Å². The van der Waals surface area contributed by atoms with Crippen LogP contribution in [-0.4, -0.2) is 394 Å². The molecule has 8 aromatic heterocycles. The van der Waals surface area contributed by atoms with E-state index in [2.05, 4.69) is 287 Å². The van der Waals surface area contributed by atoms with Crippen molar-refractivity contribution < 1.29 is 22.8 Å². The van der Waals surface area contributed by atoms with E-state index in [-0.39, 0.29) is 11.9 Å². The number of halogens is 3. The van der Waals surface area contributed by atoms with E-state index >= 15 is 0 Å². The molecule has 8 saturated heterocycles. The van der Waals surface area contributed by atoms with Gasteiger partial charge in [0.25, 0.3) is 0 Å². The molecular formula is C104H170F3N33O2. The summed E-state index contributed by atoms with van der Waals surface area (Å²) in [5, 5.41) is 3.32. The van der Waals surface area contributed by atoms with E-state index in [1.54, 1.807) is 31.4 Å². The van der Waals surface area contributed by atoms with E-state index < -0.39 is 12.2 Å².